The van der Waals surface area contributed by atoms with Crippen LogP contribution >= 0.6 is 11.3 Å². The monoisotopic (exact) mass is 957 g/mol. The van der Waals surface area contributed by atoms with Crippen LogP contribution in [0.3, 0.4) is 0 Å². The summed E-state index contributed by atoms with van der Waals surface area (Å²) in [5.74, 6) is 0. The van der Waals surface area contributed by atoms with Crippen LogP contribution in [0.25, 0.3) is 147 Å². The Labute approximate surface area is 430 Å². The Morgan fingerprint density at radius 3 is 1.41 bits per heavy atom. The molecule has 3 nitrogen and oxygen atoms in total. The summed E-state index contributed by atoms with van der Waals surface area (Å²) in [7, 11) is 0. The average molecular weight is 958 g/mol. The molecule has 0 N–H and O–H groups in total. The van der Waals surface area contributed by atoms with Crippen LogP contribution in [0.15, 0.2) is 261 Å². The highest BCUT2D eigenvalue weighted by Gasteiger charge is 2.20. The van der Waals surface area contributed by atoms with Gasteiger partial charge >= 0.3 is 0 Å². The molecule has 74 heavy (non-hydrogen) atoms. The number of thiophene rings is 1. The smallest absolute Gasteiger partial charge is 0.0619 e. The Kier molecular flexibility index (Phi) is 8.91. The number of hydrogen-bond acceptors (Lipinski definition) is 1. The molecule has 0 bridgehead atoms. The molecule has 0 saturated carbocycles. The number of fused-ring (bicyclic) bond motifs is 14. The van der Waals surface area contributed by atoms with Gasteiger partial charge in [-0.15, -0.1) is 11.3 Å². The molecular weight excluding hydrogens is 915 g/mol. The molecule has 0 fully saturated rings. The Morgan fingerprint density at radius 1 is 0.216 bits per heavy atom. The van der Waals surface area contributed by atoms with Crippen LogP contribution in [0.1, 0.15) is 0 Å². The zero-order chi connectivity index (χ0) is 48.4. The first-order valence-electron chi connectivity index (χ1n) is 25.4. The van der Waals surface area contributed by atoms with Crippen molar-refractivity contribution in [1.82, 2.24) is 13.7 Å². The van der Waals surface area contributed by atoms with Gasteiger partial charge in [0, 0.05) is 74.9 Å². The van der Waals surface area contributed by atoms with E-state index in [0.29, 0.717) is 0 Å². The van der Waals surface area contributed by atoms with Gasteiger partial charge in [0.05, 0.1) is 33.1 Å². The van der Waals surface area contributed by atoms with E-state index in [4.69, 9.17) is 0 Å². The van der Waals surface area contributed by atoms with Crippen LogP contribution < -0.4 is 0 Å². The van der Waals surface area contributed by atoms with Crippen molar-refractivity contribution in [1.29, 1.82) is 0 Å². The molecule has 0 spiro atoms. The number of aromatic nitrogens is 3. The van der Waals surface area contributed by atoms with Gasteiger partial charge < -0.3 is 13.7 Å². The minimum Gasteiger partial charge on any atom is -0.309 e. The molecule has 0 aliphatic heterocycles. The first kappa shape index (κ1) is 41.2. The lowest BCUT2D eigenvalue weighted by Gasteiger charge is -2.15. The number of para-hydroxylation sites is 3. The fourth-order valence-electron chi connectivity index (χ4n) is 12.2. The Morgan fingerprint density at radius 2 is 0.716 bits per heavy atom. The summed E-state index contributed by atoms with van der Waals surface area (Å²) in [5, 5.41) is 12.5. The molecule has 0 radical (unpaired) electrons. The molecule has 4 aromatic heterocycles. The second-order valence-electron chi connectivity index (χ2n) is 19.7. The zero-order valence-corrected chi connectivity index (χ0v) is 40.9. The van der Waals surface area contributed by atoms with Gasteiger partial charge in [-0.05, 0) is 136 Å². The lowest BCUT2D eigenvalue weighted by Crippen LogP contribution is -1.97. The van der Waals surface area contributed by atoms with Crippen LogP contribution in [0, 0.1) is 0 Å². The summed E-state index contributed by atoms with van der Waals surface area (Å²) in [6.07, 6.45) is 0. The lowest BCUT2D eigenvalue weighted by atomic mass is 9.96. The third-order valence-electron chi connectivity index (χ3n) is 15.6. The van der Waals surface area contributed by atoms with Crippen molar-refractivity contribution >= 4 is 108 Å². The standard InChI is InChI=1S/C70H43N3S/c1-2-15-44(16-3-1)46-18-14-19-51(38-46)71-63-25-10-7-22-56(63)60-41-47(30-34-66(60)71)49-37-50(40-53(39-49)73-65-27-12-6-21-55(65)59-33-29-45-17-4-5-20-54(45)70(59)73)48-31-35-67-61(42-48)57-23-8-11-26-64(57)72(67)52-32-36-69-62(43-52)58-24-9-13-28-68(58)74-69/h1-43H. The maximum absolute atomic E-state index is 2.51. The minimum absolute atomic E-state index is 1.12. The van der Waals surface area contributed by atoms with Crippen LogP contribution in [-0.4, -0.2) is 13.7 Å². The van der Waals surface area contributed by atoms with Gasteiger partial charge in [-0.1, -0.05) is 164 Å². The van der Waals surface area contributed by atoms with Gasteiger partial charge in [-0.2, -0.15) is 0 Å². The van der Waals surface area contributed by atoms with Crippen molar-refractivity contribution < 1.29 is 0 Å². The number of hydrogen-bond donors (Lipinski definition) is 0. The summed E-state index contributed by atoms with van der Waals surface area (Å²) in [6.45, 7) is 0. The Bertz CT molecular complexity index is 4970. The summed E-state index contributed by atoms with van der Waals surface area (Å²) >= 11 is 1.86. The van der Waals surface area contributed by atoms with E-state index in [0.717, 1.165) is 22.5 Å². The van der Waals surface area contributed by atoms with Crippen molar-refractivity contribution in [3.8, 4) is 50.4 Å². The molecule has 0 amide bonds. The Balaban J connectivity index is 0.929. The molecule has 0 saturated heterocycles. The predicted molar refractivity (Wildman–Crippen MR) is 316 cm³/mol. The summed E-state index contributed by atoms with van der Waals surface area (Å²) < 4.78 is 10.0. The first-order valence-corrected chi connectivity index (χ1v) is 26.2. The van der Waals surface area contributed by atoms with Crippen LogP contribution in [0.4, 0.5) is 0 Å². The van der Waals surface area contributed by atoms with Gasteiger partial charge in [0.25, 0.3) is 0 Å². The fourth-order valence-corrected chi connectivity index (χ4v) is 13.3. The maximum atomic E-state index is 2.51. The molecular formula is C70H43N3S. The van der Waals surface area contributed by atoms with Crippen molar-refractivity contribution in [2.75, 3.05) is 0 Å². The second kappa shape index (κ2) is 16.0. The molecule has 344 valence electrons. The lowest BCUT2D eigenvalue weighted by molar-refractivity contribution is 1.18. The zero-order valence-electron chi connectivity index (χ0n) is 40.1. The number of nitrogens with zero attached hydrogens (tertiary/aromatic N) is 3. The van der Waals surface area contributed by atoms with Gasteiger partial charge in [0.1, 0.15) is 0 Å². The largest absolute Gasteiger partial charge is 0.309 e. The summed E-state index contributed by atoms with van der Waals surface area (Å²) in [5.41, 5.74) is 17.7. The molecule has 16 aromatic rings. The minimum atomic E-state index is 1.12. The van der Waals surface area contributed by atoms with Gasteiger partial charge in [-0.25, -0.2) is 0 Å². The SMILES string of the molecule is c1ccc(-c2cccc(-n3c4ccccc4c4cc(-c5cc(-c6ccc7c(c6)c6ccccc6n7-c6ccc7sc8ccccc8c7c6)cc(-n6c7ccccc7c7ccc8ccccc8c76)c5)ccc43)c2)cc1. The van der Waals surface area contributed by atoms with Crippen LogP contribution in [-0.2, 0) is 0 Å². The predicted octanol–water partition coefficient (Wildman–Crippen LogP) is 19.5. The van der Waals surface area contributed by atoms with Gasteiger partial charge in [0.2, 0.25) is 0 Å². The van der Waals surface area contributed by atoms with E-state index < -0.39 is 0 Å². The van der Waals surface area contributed by atoms with E-state index in [-0.39, 0.29) is 0 Å². The van der Waals surface area contributed by atoms with Crippen LogP contribution in [0.2, 0.25) is 0 Å². The van der Waals surface area contributed by atoms with Crippen molar-refractivity contribution in [3.05, 3.63) is 261 Å². The highest BCUT2D eigenvalue weighted by Crippen LogP contribution is 2.43. The van der Waals surface area contributed by atoms with E-state index in [2.05, 4.69) is 275 Å². The third-order valence-corrected chi connectivity index (χ3v) is 16.7. The van der Waals surface area contributed by atoms with E-state index >= 15 is 0 Å². The highest BCUT2D eigenvalue weighted by molar-refractivity contribution is 7.25. The topological polar surface area (TPSA) is 14.8 Å². The quantitative estimate of drug-likeness (QED) is 0.158. The van der Waals surface area contributed by atoms with Crippen molar-refractivity contribution in [2.45, 2.75) is 0 Å². The Hall–Kier alpha value is -9.48. The van der Waals surface area contributed by atoms with E-state index in [1.807, 2.05) is 11.3 Å². The first-order chi connectivity index (χ1) is 36.7. The van der Waals surface area contributed by atoms with Gasteiger partial charge in [0.15, 0.2) is 0 Å². The maximum Gasteiger partial charge on any atom is 0.0619 e. The summed E-state index contributed by atoms with van der Waals surface area (Å²) in [6, 6.07) is 96.8. The normalized spacial score (nSPS) is 12.1. The molecule has 0 aliphatic carbocycles. The molecule has 4 heterocycles. The highest BCUT2D eigenvalue weighted by atomic mass is 32.1. The fraction of sp³-hybridized carbons (Fsp3) is 0. The third kappa shape index (κ3) is 6.19. The summed E-state index contributed by atoms with van der Waals surface area (Å²) in [4.78, 5) is 0. The average Bonchev–Trinajstić information content (AvgIpc) is 4.22. The van der Waals surface area contributed by atoms with E-state index in [9.17, 15) is 0 Å². The van der Waals surface area contributed by atoms with E-state index in [1.54, 1.807) is 0 Å². The molecule has 16 rings (SSSR count). The van der Waals surface area contributed by atoms with E-state index in [1.165, 1.54) is 124 Å². The molecule has 0 atom stereocenters. The van der Waals surface area contributed by atoms with Crippen molar-refractivity contribution in [2.24, 2.45) is 0 Å². The molecule has 0 aliphatic rings. The van der Waals surface area contributed by atoms with Gasteiger partial charge in [-0.3, -0.25) is 0 Å². The molecule has 12 aromatic carbocycles. The number of rotatable bonds is 6. The molecule has 0 unspecified atom stereocenters. The number of benzene rings is 12. The second-order valence-corrected chi connectivity index (χ2v) is 20.8. The molecule has 4 heteroatoms. The van der Waals surface area contributed by atoms with Crippen molar-refractivity contribution in [3.63, 3.8) is 0 Å². The van der Waals surface area contributed by atoms with Crippen LogP contribution in [0.5, 0.6) is 0 Å².